The van der Waals surface area contributed by atoms with E-state index in [9.17, 15) is 26.0 Å². The fourth-order valence-corrected chi connectivity index (χ4v) is 5.23. The maximum Gasteiger partial charge on any atom is 0.284 e. The summed E-state index contributed by atoms with van der Waals surface area (Å²) < 4.78 is 69.9. The van der Waals surface area contributed by atoms with Gasteiger partial charge >= 0.3 is 0 Å². The number of hydrogen-bond donors (Lipinski definition) is 2. The average molecular weight is 497 g/mol. The third-order valence-electron chi connectivity index (χ3n) is 5.21. The van der Waals surface area contributed by atoms with Crippen molar-refractivity contribution in [3.05, 3.63) is 53.8 Å². The number of carbonyl (C=O) groups excluding carboxylic acids is 1. The Morgan fingerprint density at radius 3 is 2.52 bits per heavy atom. The summed E-state index contributed by atoms with van der Waals surface area (Å²) in [6.45, 7) is 0.721. The molecule has 0 aliphatic carbocycles. The van der Waals surface area contributed by atoms with Gasteiger partial charge in [0.05, 0.1) is 15.4 Å². The zero-order chi connectivity index (χ0) is 24.2. The van der Waals surface area contributed by atoms with Crippen molar-refractivity contribution in [1.29, 1.82) is 0 Å². The van der Waals surface area contributed by atoms with E-state index < -0.39 is 37.3 Å². The van der Waals surface area contributed by atoms with E-state index in [1.165, 1.54) is 31.3 Å². The van der Waals surface area contributed by atoms with Crippen molar-refractivity contribution in [2.45, 2.75) is 35.5 Å². The number of anilines is 1. The first-order chi connectivity index (χ1) is 15.5. The van der Waals surface area contributed by atoms with Gasteiger partial charge in [0.25, 0.3) is 15.9 Å². The number of carbonyl (C=O) groups is 1. The number of halogens is 1. The summed E-state index contributed by atoms with van der Waals surface area (Å²) in [6.07, 6.45) is 3.36. The van der Waals surface area contributed by atoms with Gasteiger partial charge in [0.2, 0.25) is 10.0 Å². The molecule has 3 rings (SSSR count). The second kappa shape index (κ2) is 9.98. The van der Waals surface area contributed by atoms with Gasteiger partial charge in [-0.05, 0) is 56.3 Å². The van der Waals surface area contributed by atoms with Gasteiger partial charge < -0.3 is 10.2 Å². The molecule has 9 nitrogen and oxygen atoms in total. The highest BCUT2D eigenvalue weighted by molar-refractivity contribution is 7.90. The SMILES string of the molecule is CNS(=O)(=O)c1ccc(F)c(C(=O)Nc2cccc(S(=O)(=O)/N=C3/CCCCCN3C)c2)c1. The minimum Gasteiger partial charge on any atom is -0.362 e. The van der Waals surface area contributed by atoms with Gasteiger partial charge in [-0.25, -0.2) is 17.5 Å². The van der Waals surface area contributed by atoms with Crippen LogP contribution >= 0.6 is 0 Å². The molecule has 0 aromatic heterocycles. The highest BCUT2D eigenvalue weighted by Gasteiger charge is 2.21. The van der Waals surface area contributed by atoms with E-state index in [0.717, 1.165) is 44.0 Å². The largest absolute Gasteiger partial charge is 0.362 e. The van der Waals surface area contributed by atoms with Crippen LogP contribution in [0.4, 0.5) is 10.1 Å². The molecule has 12 heteroatoms. The standard InChI is InChI=1S/C21H25FN4O5S2/c1-23-32(28,29)17-10-11-19(22)18(14-17)21(27)24-15-7-6-8-16(13-15)33(30,31)25-20-9-4-3-5-12-26(20)2/h6-8,10-11,13-14,23H,3-5,9,12H2,1-2H3,(H,24,27)/b25-20-. The number of nitrogens with zero attached hydrogens (tertiary/aromatic N) is 2. The second-order valence-electron chi connectivity index (χ2n) is 7.55. The Morgan fingerprint density at radius 1 is 1.03 bits per heavy atom. The highest BCUT2D eigenvalue weighted by Crippen LogP contribution is 2.22. The minimum absolute atomic E-state index is 0.0942. The van der Waals surface area contributed by atoms with E-state index in [2.05, 4.69) is 14.4 Å². The molecule has 2 N–H and O–H groups in total. The van der Waals surface area contributed by atoms with E-state index in [0.29, 0.717) is 12.3 Å². The first-order valence-corrected chi connectivity index (χ1v) is 13.2. The Bertz CT molecular complexity index is 1290. The Hall–Kier alpha value is -2.83. The smallest absolute Gasteiger partial charge is 0.284 e. The van der Waals surface area contributed by atoms with Crippen LogP contribution < -0.4 is 10.0 Å². The Morgan fingerprint density at radius 2 is 1.79 bits per heavy atom. The third-order valence-corrected chi connectivity index (χ3v) is 7.92. The van der Waals surface area contributed by atoms with Crippen LogP contribution in [0.15, 0.2) is 56.7 Å². The van der Waals surface area contributed by atoms with Crippen LogP contribution in [-0.4, -0.2) is 54.1 Å². The number of rotatable bonds is 6. The predicted octanol–water partition coefficient (Wildman–Crippen LogP) is 2.58. The van der Waals surface area contributed by atoms with Gasteiger partial charge in [-0.3, -0.25) is 4.79 Å². The molecule has 1 amide bonds. The van der Waals surface area contributed by atoms with Crippen LogP contribution in [0.2, 0.25) is 0 Å². The molecule has 1 aliphatic rings. The Labute approximate surface area is 192 Å². The molecular formula is C21H25FN4O5S2. The van der Waals surface area contributed by atoms with Gasteiger partial charge in [0.1, 0.15) is 11.7 Å². The van der Waals surface area contributed by atoms with Crippen LogP contribution in [0, 0.1) is 5.82 Å². The molecule has 1 heterocycles. The lowest BCUT2D eigenvalue weighted by molar-refractivity contribution is 0.102. The van der Waals surface area contributed by atoms with E-state index in [1.54, 1.807) is 7.05 Å². The number of amidine groups is 1. The van der Waals surface area contributed by atoms with Crippen molar-refractivity contribution >= 4 is 37.5 Å². The summed E-state index contributed by atoms with van der Waals surface area (Å²) in [5.74, 6) is -1.37. The number of hydrogen-bond acceptors (Lipinski definition) is 5. The van der Waals surface area contributed by atoms with Crippen LogP contribution in [0.25, 0.3) is 0 Å². The van der Waals surface area contributed by atoms with Gasteiger partial charge in [-0.1, -0.05) is 12.5 Å². The summed E-state index contributed by atoms with van der Waals surface area (Å²) in [7, 11) is -4.93. The molecule has 0 atom stereocenters. The molecule has 178 valence electrons. The zero-order valence-corrected chi connectivity index (χ0v) is 19.8. The first kappa shape index (κ1) is 24.8. The second-order valence-corrected chi connectivity index (χ2v) is 11.0. The molecule has 0 unspecified atom stereocenters. The van der Waals surface area contributed by atoms with Gasteiger partial charge in [-0.2, -0.15) is 8.42 Å². The molecule has 1 aliphatic heterocycles. The minimum atomic E-state index is -4.04. The Balaban J connectivity index is 1.87. The van der Waals surface area contributed by atoms with Crippen molar-refractivity contribution < 1.29 is 26.0 Å². The fraction of sp³-hybridized carbons (Fsp3) is 0.333. The molecule has 0 radical (unpaired) electrons. The lowest BCUT2D eigenvalue weighted by Gasteiger charge is -2.17. The normalized spacial score (nSPS) is 16.5. The molecule has 0 bridgehead atoms. The van der Waals surface area contributed by atoms with Crippen molar-refractivity contribution in [3.8, 4) is 0 Å². The first-order valence-electron chi connectivity index (χ1n) is 10.2. The van der Waals surface area contributed by atoms with E-state index in [-0.39, 0.29) is 15.5 Å². The third kappa shape index (κ3) is 5.95. The number of nitrogens with one attached hydrogen (secondary N) is 2. The van der Waals surface area contributed by atoms with Gasteiger partial charge in [-0.15, -0.1) is 4.40 Å². The van der Waals surface area contributed by atoms with E-state index in [1.807, 2.05) is 4.90 Å². The molecule has 2 aromatic carbocycles. The number of likely N-dealkylation sites (tertiary alicyclic amines) is 1. The summed E-state index contributed by atoms with van der Waals surface area (Å²) in [4.78, 5) is 14.0. The lowest BCUT2D eigenvalue weighted by atomic mass is 10.2. The summed E-state index contributed by atoms with van der Waals surface area (Å²) >= 11 is 0. The maximum absolute atomic E-state index is 14.2. The van der Waals surface area contributed by atoms with Gasteiger partial charge in [0, 0.05) is 25.7 Å². The maximum atomic E-state index is 14.2. The fourth-order valence-electron chi connectivity index (χ4n) is 3.33. The van der Waals surface area contributed by atoms with Crippen LogP contribution in [0.1, 0.15) is 36.0 Å². The molecule has 1 saturated heterocycles. The number of amides is 1. The van der Waals surface area contributed by atoms with Crippen LogP contribution in [-0.2, 0) is 20.0 Å². The predicted molar refractivity (Wildman–Crippen MR) is 123 cm³/mol. The molecule has 33 heavy (non-hydrogen) atoms. The highest BCUT2D eigenvalue weighted by atomic mass is 32.2. The average Bonchev–Trinajstić information content (AvgIpc) is 2.97. The molecule has 1 fully saturated rings. The number of benzene rings is 2. The van der Waals surface area contributed by atoms with E-state index >= 15 is 0 Å². The molecule has 0 spiro atoms. The van der Waals surface area contributed by atoms with Crippen molar-refractivity contribution in [2.24, 2.45) is 4.40 Å². The quantitative estimate of drug-likeness (QED) is 0.633. The summed E-state index contributed by atoms with van der Waals surface area (Å²) in [5.41, 5.74) is -0.406. The number of sulfonamides is 2. The van der Waals surface area contributed by atoms with Crippen molar-refractivity contribution in [2.75, 3.05) is 26.0 Å². The lowest BCUT2D eigenvalue weighted by Crippen LogP contribution is -2.26. The van der Waals surface area contributed by atoms with Crippen LogP contribution in [0.3, 0.4) is 0 Å². The van der Waals surface area contributed by atoms with Crippen molar-refractivity contribution in [1.82, 2.24) is 9.62 Å². The molecular weight excluding hydrogens is 471 g/mol. The molecule has 0 saturated carbocycles. The monoisotopic (exact) mass is 496 g/mol. The summed E-state index contributed by atoms with van der Waals surface area (Å²) in [5, 5.41) is 2.41. The zero-order valence-electron chi connectivity index (χ0n) is 18.2. The van der Waals surface area contributed by atoms with E-state index in [4.69, 9.17) is 0 Å². The summed E-state index contributed by atoms with van der Waals surface area (Å²) in [6, 6.07) is 8.26. The Kier molecular flexibility index (Phi) is 7.50. The van der Waals surface area contributed by atoms with Crippen LogP contribution in [0.5, 0.6) is 0 Å². The van der Waals surface area contributed by atoms with Crippen molar-refractivity contribution in [3.63, 3.8) is 0 Å². The molecule has 2 aromatic rings. The van der Waals surface area contributed by atoms with Gasteiger partial charge in [0.15, 0.2) is 0 Å². The topological polar surface area (TPSA) is 125 Å².